The molecule has 2 aromatic carbocycles. The molecule has 5 nitrogen and oxygen atoms in total. The van der Waals surface area contributed by atoms with Crippen molar-refractivity contribution in [1.29, 1.82) is 0 Å². The highest BCUT2D eigenvalue weighted by atomic mass is 16.5. The largest absolute Gasteiger partial charge is 0.497 e. The Morgan fingerprint density at radius 3 is 2.68 bits per heavy atom. The van der Waals surface area contributed by atoms with Crippen molar-refractivity contribution >= 4 is 11.0 Å². The molecule has 0 aliphatic carbocycles. The minimum absolute atomic E-state index is 0.192. The Kier molecular flexibility index (Phi) is 2.72. The molecule has 0 radical (unpaired) electrons. The number of hydrogen-bond donors (Lipinski definition) is 0. The molecule has 0 unspecified atom stereocenters. The van der Waals surface area contributed by atoms with Gasteiger partial charge in [-0.3, -0.25) is 4.79 Å². The van der Waals surface area contributed by atoms with Crippen molar-refractivity contribution in [3.8, 4) is 22.9 Å². The predicted molar refractivity (Wildman–Crippen MR) is 82.8 cm³/mol. The van der Waals surface area contributed by atoms with Crippen molar-refractivity contribution < 1.29 is 9.15 Å². The normalized spacial score (nSPS) is 11.1. The van der Waals surface area contributed by atoms with E-state index >= 15 is 0 Å². The first-order chi connectivity index (χ1) is 10.8. The van der Waals surface area contributed by atoms with Crippen molar-refractivity contribution in [1.82, 2.24) is 9.78 Å². The van der Waals surface area contributed by atoms with Crippen molar-refractivity contribution in [3.63, 3.8) is 0 Å². The SMILES string of the molecule is COc1ccc2cc3c(=O)n(-c4ccccc4)nc-3oc2c1. The minimum Gasteiger partial charge on any atom is -0.497 e. The monoisotopic (exact) mass is 292 g/mol. The van der Waals surface area contributed by atoms with E-state index in [4.69, 9.17) is 9.15 Å². The van der Waals surface area contributed by atoms with Crippen molar-refractivity contribution in [2.24, 2.45) is 0 Å². The fraction of sp³-hybridized carbons (Fsp3) is 0.0588. The van der Waals surface area contributed by atoms with E-state index < -0.39 is 0 Å². The average molecular weight is 292 g/mol. The molecule has 0 saturated heterocycles. The average Bonchev–Trinajstić information content (AvgIpc) is 2.89. The van der Waals surface area contributed by atoms with Crippen LogP contribution in [0.25, 0.3) is 28.1 Å². The van der Waals surface area contributed by atoms with Gasteiger partial charge in [-0.2, -0.15) is 4.68 Å². The summed E-state index contributed by atoms with van der Waals surface area (Å²) in [6, 6.07) is 16.5. The van der Waals surface area contributed by atoms with Crippen LogP contribution in [-0.4, -0.2) is 16.9 Å². The van der Waals surface area contributed by atoms with Gasteiger partial charge in [0.25, 0.3) is 5.56 Å². The van der Waals surface area contributed by atoms with Gasteiger partial charge in [0, 0.05) is 11.5 Å². The molecular formula is C17H12N2O3. The smallest absolute Gasteiger partial charge is 0.284 e. The van der Waals surface area contributed by atoms with E-state index in [1.807, 2.05) is 42.5 Å². The highest BCUT2D eigenvalue weighted by molar-refractivity contribution is 5.83. The zero-order valence-corrected chi connectivity index (χ0v) is 11.8. The summed E-state index contributed by atoms with van der Waals surface area (Å²) >= 11 is 0. The van der Waals surface area contributed by atoms with Crippen LogP contribution in [0, 0.1) is 0 Å². The van der Waals surface area contributed by atoms with Crippen LogP contribution in [0.2, 0.25) is 0 Å². The van der Waals surface area contributed by atoms with Crippen molar-refractivity contribution in [2.45, 2.75) is 0 Å². The summed E-state index contributed by atoms with van der Waals surface area (Å²) in [7, 11) is 1.60. The van der Waals surface area contributed by atoms with Gasteiger partial charge in [-0.25, -0.2) is 0 Å². The molecule has 4 rings (SSSR count). The molecule has 108 valence electrons. The molecule has 22 heavy (non-hydrogen) atoms. The summed E-state index contributed by atoms with van der Waals surface area (Å²) in [6.45, 7) is 0. The summed E-state index contributed by atoms with van der Waals surface area (Å²) in [4.78, 5) is 12.5. The third-order valence-corrected chi connectivity index (χ3v) is 3.57. The van der Waals surface area contributed by atoms with Crippen LogP contribution in [0.15, 0.2) is 63.8 Å². The number of fused-ring (bicyclic) bond motifs is 2. The Hall–Kier alpha value is -3.08. The summed E-state index contributed by atoms with van der Waals surface area (Å²) in [5.74, 6) is 1.01. The number of para-hydroxylation sites is 1. The molecule has 0 atom stereocenters. The molecule has 0 saturated carbocycles. The lowest BCUT2D eigenvalue weighted by Crippen LogP contribution is -2.14. The van der Waals surface area contributed by atoms with E-state index in [1.165, 1.54) is 4.68 Å². The number of benzene rings is 2. The first-order valence-corrected chi connectivity index (χ1v) is 6.82. The Morgan fingerprint density at radius 2 is 1.91 bits per heavy atom. The summed E-state index contributed by atoms with van der Waals surface area (Å²) in [6.07, 6.45) is 0. The number of rotatable bonds is 2. The molecule has 0 aromatic heterocycles. The maximum atomic E-state index is 12.5. The van der Waals surface area contributed by atoms with Gasteiger partial charge < -0.3 is 9.15 Å². The zero-order chi connectivity index (χ0) is 15.1. The van der Waals surface area contributed by atoms with Crippen LogP contribution in [-0.2, 0) is 0 Å². The molecule has 5 heteroatoms. The van der Waals surface area contributed by atoms with Crippen LogP contribution >= 0.6 is 0 Å². The lowest BCUT2D eigenvalue weighted by molar-refractivity contribution is 0.414. The van der Waals surface area contributed by atoms with E-state index in [9.17, 15) is 4.79 Å². The molecule has 0 fully saturated rings. The minimum atomic E-state index is -0.192. The van der Waals surface area contributed by atoms with Crippen molar-refractivity contribution in [3.05, 3.63) is 65.0 Å². The van der Waals surface area contributed by atoms with E-state index in [0.29, 0.717) is 28.5 Å². The van der Waals surface area contributed by atoms with Crippen LogP contribution in [0.4, 0.5) is 0 Å². The molecule has 0 bridgehead atoms. The van der Waals surface area contributed by atoms with Gasteiger partial charge in [0.05, 0.1) is 12.8 Å². The number of ether oxygens (including phenoxy) is 1. The molecule has 2 aliphatic heterocycles. The van der Waals surface area contributed by atoms with Crippen LogP contribution in [0.1, 0.15) is 0 Å². The van der Waals surface area contributed by atoms with Crippen molar-refractivity contribution in [2.75, 3.05) is 7.11 Å². The van der Waals surface area contributed by atoms with Crippen LogP contribution < -0.4 is 10.3 Å². The topological polar surface area (TPSA) is 57.3 Å². The summed E-state index contributed by atoms with van der Waals surface area (Å²) in [5.41, 5.74) is 1.61. The lowest BCUT2D eigenvalue weighted by Gasteiger charge is -2.02. The molecule has 2 heterocycles. The maximum Gasteiger partial charge on any atom is 0.284 e. The maximum absolute atomic E-state index is 12.5. The van der Waals surface area contributed by atoms with Crippen LogP contribution in [0.3, 0.4) is 0 Å². The molecule has 2 aromatic rings. The first-order valence-electron chi connectivity index (χ1n) is 6.82. The number of hydrogen-bond acceptors (Lipinski definition) is 4. The number of methoxy groups -OCH3 is 1. The summed E-state index contributed by atoms with van der Waals surface area (Å²) in [5, 5.41) is 5.12. The molecule has 0 spiro atoms. The quantitative estimate of drug-likeness (QED) is 0.569. The second-order valence-electron chi connectivity index (χ2n) is 4.92. The fourth-order valence-corrected chi connectivity index (χ4v) is 2.45. The molecule has 0 amide bonds. The van der Waals surface area contributed by atoms with E-state index in [1.54, 1.807) is 19.2 Å². The Bertz CT molecular complexity index is 986. The van der Waals surface area contributed by atoms with Gasteiger partial charge in [-0.05, 0) is 30.3 Å². The number of aromatic nitrogens is 2. The van der Waals surface area contributed by atoms with Gasteiger partial charge in [0.2, 0.25) is 5.89 Å². The third-order valence-electron chi connectivity index (χ3n) is 3.57. The Labute approximate surface area is 125 Å². The number of nitrogens with zero attached hydrogens (tertiary/aromatic N) is 2. The van der Waals surface area contributed by atoms with Crippen LogP contribution in [0.5, 0.6) is 5.75 Å². The second-order valence-corrected chi connectivity index (χ2v) is 4.92. The van der Waals surface area contributed by atoms with Gasteiger partial charge in [-0.15, -0.1) is 5.10 Å². The Balaban J connectivity index is 2.00. The summed E-state index contributed by atoms with van der Waals surface area (Å²) < 4.78 is 12.3. The van der Waals surface area contributed by atoms with E-state index in [-0.39, 0.29) is 5.56 Å². The zero-order valence-electron chi connectivity index (χ0n) is 11.8. The molecule has 2 aliphatic rings. The van der Waals surface area contributed by atoms with Gasteiger partial charge in [0.1, 0.15) is 16.9 Å². The van der Waals surface area contributed by atoms with Gasteiger partial charge in [-0.1, -0.05) is 18.2 Å². The highest BCUT2D eigenvalue weighted by Crippen LogP contribution is 2.27. The van der Waals surface area contributed by atoms with E-state index in [2.05, 4.69) is 5.10 Å². The van der Waals surface area contributed by atoms with E-state index in [0.717, 1.165) is 5.39 Å². The molecular weight excluding hydrogens is 280 g/mol. The Morgan fingerprint density at radius 1 is 1.09 bits per heavy atom. The standard InChI is InChI=1S/C17H12N2O3/c1-21-13-8-7-11-9-14-16(22-15(11)10-13)18-19(17(14)20)12-5-3-2-4-6-12/h2-10H,1H3. The second kappa shape index (κ2) is 4.73. The van der Waals surface area contributed by atoms with Gasteiger partial charge >= 0.3 is 0 Å². The third kappa shape index (κ3) is 1.87. The highest BCUT2D eigenvalue weighted by Gasteiger charge is 2.19. The molecule has 0 N–H and O–H groups in total. The predicted octanol–water partition coefficient (Wildman–Crippen LogP) is 3.09. The lowest BCUT2D eigenvalue weighted by atomic mass is 10.2. The fourth-order valence-electron chi connectivity index (χ4n) is 2.45. The first kappa shape index (κ1) is 12.6. The van der Waals surface area contributed by atoms with Gasteiger partial charge in [0.15, 0.2) is 0 Å².